The van der Waals surface area contributed by atoms with Crippen molar-refractivity contribution in [2.45, 2.75) is 123 Å². The number of hydrogen-bond donors (Lipinski definition) is 7. The van der Waals surface area contributed by atoms with E-state index in [4.69, 9.17) is 16.6 Å². The maximum absolute atomic E-state index is 14.4. The molecule has 76 heavy (non-hydrogen) atoms. The average Bonchev–Trinajstić information content (AvgIpc) is 4.05. The van der Waals surface area contributed by atoms with Crippen molar-refractivity contribution in [2.24, 2.45) is 10.4 Å². The van der Waals surface area contributed by atoms with Gasteiger partial charge in [-0.3, -0.25) is 43.1 Å². The van der Waals surface area contributed by atoms with Crippen molar-refractivity contribution in [2.75, 3.05) is 19.6 Å². The predicted octanol–water partition coefficient (Wildman–Crippen LogP) is 4.09. The molecule has 0 saturated carbocycles. The third kappa shape index (κ3) is 12.5. The van der Waals surface area contributed by atoms with Gasteiger partial charge in [-0.2, -0.15) is 0 Å². The Morgan fingerprint density at radius 2 is 1.49 bits per heavy atom. The first-order chi connectivity index (χ1) is 36.2. The lowest BCUT2D eigenvalue weighted by Crippen LogP contribution is -2.60. The SMILES string of the molecule is Cc1sc2c(c1C)C(c1ccc(Cl)cc1)=N[C@@H](CC(=O)NC[C@H]1NC(=O)[C@@H](C)NC(=O)[C@@H](Cc3ccc(-c4ccccc4)cc3)NC(=O)[C@@H]3C[C@@H](O)CN3C(=O)[C@H](C(C)(C)C)NC(=O)CCCNC1=O)c1nnc(C)n1-2. The minimum atomic E-state index is -1.37. The lowest BCUT2D eigenvalue weighted by molar-refractivity contribution is -0.144. The third-order valence-electron chi connectivity index (χ3n) is 13.9. The summed E-state index contributed by atoms with van der Waals surface area (Å²) in [6.07, 6.45) is -1.40. The van der Waals surface area contributed by atoms with Gasteiger partial charge < -0.3 is 41.9 Å². The Balaban J connectivity index is 1.05. The van der Waals surface area contributed by atoms with Gasteiger partial charge in [0.2, 0.25) is 41.4 Å². The van der Waals surface area contributed by atoms with Crippen LogP contribution in [0.4, 0.5) is 0 Å². The summed E-state index contributed by atoms with van der Waals surface area (Å²) in [5, 5.41) is 37.7. The molecule has 19 nitrogen and oxygen atoms in total. The first kappa shape index (κ1) is 55.0. The van der Waals surface area contributed by atoms with E-state index in [0.717, 1.165) is 37.7 Å². The second-order valence-corrected chi connectivity index (χ2v) is 22.3. The molecule has 7 N–H and O–H groups in total. The van der Waals surface area contributed by atoms with Gasteiger partial charge in [0.1, 0.15) is 47.1 Å². The Hall–Kier alpha value is -7.29. The second-order valence-electron chi connectivity index (χ2n) is 20.7. The molecule has 2 aromatic heterocycles. The number of hydrogen-bond acceptors (Lipinski definition) is 12. The van der Waals surface area contributed by atoms with Crippen molar-refractivity contribution in [1.29, 1.82) is 0 Å². The number of halogens is 1. The number of aromatic nitrogens is 3. The fraction of sp³-hybridized carbons (Fsp3) is 0.418. The smallest absolute Gasteiger partial charge is 0.246 e. The quantitative estimate of drug-likeness (QED) is 0.117. The number of carbonyl (C=O) groups excluding carboxylic acids is 7. The Labute approximate surface area is 450 Å². The van der Waals surface area contributed by atoms with E-state index in [9.17, 15) is 38.7 Å². The minimum Gasteiger partial charge on any atom is -0.391 e. The highest BCUT2D eigenvalue weighted by Crippen LogP contribution is 2.40. The molecule has 7 amide bonds. The molecule has 400 valence electrons. The number of nitrogens with zero attached hydrogens (tertiary/aromatic N) is 5. The fourth-order valence-corrected chi connectivity index (χ4v) is 10.9. The predicted molar refractivity (Wildman–Crippen MR) is 288 cm³/mol. The Morgan fingerprint density at radius 3 is 2.18 bits per heavy atom. The summed E-state index contributed by atoms with van der Waals surface area (Å²) in [5.74, 6) is -3.47. The molecule has 3 aliphatic heterocycles. The van der Waals surface area contributed by atoms with Gasteiger partial charge in [-0.25, -0.2) is 0 Å². The van der Waals surface area contributed by atoms with Crippen molar-refractivity contribution in [3.8, 4) is 16.1 Å². The van der Waals surface area contributed by atoms with Crippen LogP contribution in [0.1, 0.15) is 98.2 Å². The van der Waals surface area contributed by atoms with Gasteiger partial charge in [-0.05, 0) is 73.9 Å². The first-order valence-electron chi connectivity index (χ1n) is 25.4. The van der Waals surface area contributed by atoms with Crippen LogP contribution in [0.2, 0.25) is 5.02 Å². The van der Waals surface area contributed by atoms with Crippen LogP contribution in [0, 0.1) is 26.2 Å². The maximum Gasteiger partial charge on any atom is 0.246 e. The van der Waals surface area contributed by atoms with Gasteiger partial charge in [-0.1, -0.05) is 99.1 Å². The van der Waals surface area contributed by atoms with Gasteiger partial charge >= 0.3 is 0 Å². The number of nitrogens with one attached hydrogen (secondary N) is 6. The molecule has 21 heteroatoms. The number of aliphatic hydroxyl groups excluding tert-OH is 1. The standard InChI is InChI=1S/C55H64ClN11O8S/c1-29-31(3)76-54-45(29)46(36-19-21-37(56)22-20-36)60-39(48-65-64-32(4)67(48)54)26-44(70)58-27-41-50(72)57-23-11-14-43(69)63-47(55(5,6)7)53(75)66-28-38(68)25-42(66)52(74)61-40(51(73)59-30(2)49(71)62-41)24-33-15-17-35(18-16-33)34-12-9-8-10-13-34/h8-10,12-13,15-22,30,38-42,47,68H,11,14,23-28H2,1-7H3,(H,57,72)(H,58,70)(H,59,73)(H,61,74)(H,62,71)(H,63,69)/t30-,38-,39+,40-,41-,42+,47-/m1/s1. The van der Waals surface area contributed by atoms with E-state index in [-0.39, 0.29) is 51.7 Å². The molecule has 0 radical (unpaired) electrons. The van der Waals surface area contributed by atoms with Gasteiger partial charge in [0, 0.05) is 59.9 Å². The molecule has 2 fully saturated rings. The van der Waals surface area contributed by atoms with Crippen LogP contribution < -0.4 is 31.9 Å². The summed E-state index contributed by atoms with van der Waals surface area (Å²) >= 11 is 7.86. The van der Waals surface area contributed by atoms with Gasteiger partial charge in [0.05, 0.1) is 18.2 Å². The lowest BCUT2D eigenvalue weighted by atomic mass is 9.85. The van der Waals surface area contributed by atoms with Crippen molar-refractivity contribution >= 4 is 70.0 Å². The summed E-state index contributed by atoms with van der Waals surface area (Å²) in [5.41, 5.74) is 5.05. The van der Waals surface area contributed by atoms with Crippen LogP contribution in [0.25, 0.3) is 16.1 Å². The highest BCUT2D eigenvalue weighted by Gasteiger charge is 2.45. The van der Waals surface area contributed by atoms with Crippen molar-refractivity contribution in [3.05, 3.63) is 123 Å². The molecule has 7 atom stereocenters. The first-order valence-corrected chi connectivity index (χ1v) is 26.6. The van der Waals surface area contributed by atoms with Gasteiger partial charge in [0.15, 0.2) is 5.82 Å². The number of aliphatic imine (C=N–C) groups is 1. The largest absolute Gasteiger partial charge is 0.391 e. The zero-order chi connectivity index (χ0) is 54.6. The highest BCUT2D eigenvalue weighted by atomic mass is 35.5. The minimum absolute atomic E-state index is 0.0240. The molecule has 5 aromatic rings. The van der Waals surface area contributed by atoms with E-state index in [2.05, 4.69) is 42.1 Å². The maximum atomic E-state index is 14.4. The number of benzene rings is 3. The number of rotatable bonds is 8. The number of carbonyl (C=O) groups is 7. The number of amides is 7. The second kappa shape index (κ2) is 23.3. The van der Waals surface area contributed by atoms with Crippen LogP contribution in [0.15, 0.2) is 83.9 Å². The normalized spacial score (nSPS) is 23.1. The van der Waals surface area contributed by atoms with Crippen LogP contribution in [0.5, 0.6) is 0 Å². The van der Waals surface area contributed by atoms with E-state index >= 15 is 0 Å². The zero-order valence-corrected chi connectivity index (χ0v) is 45.1. The molecule has 0 spiro atoms. The summed E-state index contributed by atoms with van der Waals surface area (Å²) in [6.45, 7) is 12.0. The zero-order valence-electron chi connectivity index (χ0n) is 43.5. The van der Waals surface area contributed by atoms with Crippen LogP contribution >= 0.6 is 22.9 Å². The van der Waals surface area contributed by atoms with Crippen LogP contribution in [-0.2, 0) is 40.0 Å². The number of fused-ring (bicyclic) bond motifs is 4. The number of aryl methyl sites for hydroxylation is 2. The molecule has 3 aliphatic rings. The van der Waals surface area contributed by atoms with Crippen LogP contribution in [-0.4, -0.2) is 128 Å². The number of thiophene rings is 1. The van der Waals surface area contributed by atoms with E-state index < -0.39 is 89.1 Å². The molecule has 2 saturated heterocycles. The summed E-state index contributed by atoms with van der Waals surface area (Å²) in [6, 6.07) is 17.3. The van der Waals surface area contributed by atoms with E-state index in [1.807, 2.05) is 92.1 Å². The van der Waals surface area contributed by atoms with E-state index in [0.29, 0.717) is 27.9 Å². The molecule has 5 heterocycles. The monoisotopic (exact) mass is 1070 g/mol. The van der Waals surface area contributed by atoms with E-state index in [1.165, 1.54) is 11.8 Å². The molecule has 8 rings (SSSR count). The third-order valence-corrected chi connectivity index (χ3v) is 15.4. The Bertz CT molecular complexity index is 3040. The Morgan fingerprint density at radius 1 is 0.816 bits per heavy atom. The fourth-order valence-electron chi connectivity index (χ4n) is 9.60. The lowest BCUT2D eigenvalue weighted by Gasteiger charge is -2.35. The number of aliphatic hydroxyl groups is 1. The van der Waals surface area contributed by atoms with Crippen molar-refractivity contribution < 1.29 is 38.7 Å². The van der Waals surface area contributed by atoms with Gasteiger partial charge in [0.25, 0.3) is 0 Å². The summed E-state index contributed by atoms with van der Waals surface area (Å²) in [7, 11) is 0. The molecular formula is C55H64ClN11O8S. The molecule has 0 bridgehead atoms. The van der Waals surface area contributed by atoms with Crippen molar-refractivity contribution in [1.82, 2.24) is 51.6 Å². The van der Waals surface area contributed by atoms with E-state index in [1.54, 1.807) is 44.2 Å². The molecule has 0 aliphatic carbocycles. The molecular weight excluding hydrogens is 1010 g/mol. The van der Waals surface area contributed by atoms with Gasteiger partial charge in [-0.15, -0.1) is 21.5 Å². The van der Waals surface area contributed by atoms with Crippen molar-refractivity contribution in [3.63, 3.8) is 0 Å². The topological polar surface area (TPSA) is 258 Å². The molecule has 0 unspecified atom stereocenters. The highest BCUT2D eigenvalue weighted by molar-refractivity contribution is 7.15. The summed E-state index contributed by atoms with van der Waals surface area (Å²) in [4.78, 5) is 106. The molecule has 3 aromatic carbocycles. The van der Waals surface area contributed by atoms with Crippen LogP contribution in [0.3, 0.4) is 0 Å². The average molecular weight is 1070 g/mol. The summed E-state index contributed by atoms with van der Waals surface area (Å²) < 4.78 is 1.91. The Kier molecular flexibility index (Phi) is 16.9.